The Morgan fingerprint density at radius 1 is 1.00 bits per heavy atom. The second-order valence-electron chi connectivity index (χ2n) is 8.17. The van der Waals surface area contributed by atoms with Crippen LogP contribution in [0, 0.1) is 10.3 Å². The fraction of sp³-hybridized carbons (Fsp3) is 0.429. The monoisotopic (exact) mass is 364 g/mol. The number of piperazine rings is 1. The minimum Gasteiger partial charge on any atom is -0.368 e. The smallest absolute Gasteiger partial charge is 0.165 e. The van der Waals surface area contributed by atoms with Crippen LogP contribution in [0.5, 0.6) is 0 Å². The molecule has 1 aromatic carbocycles. The molecule has 0 saturated carbocycles. The zero-order valence-corrected chi connectivity index (χ0v) is 15.8. The fourth-order valence-corrected chi connectivity index (χ4v) is 4.07. The van der Waals surface area contributed by atoms with Gasteiger partial charge in [-0.1, -0.05) is 32.0 Å². The van der Waals surface area contributed by atoms with E-state index in [-0.39, 0.29) is 16.9 Å². The van der Waals surface area contributed by atoms with E-state index in [1.807, 2.05) is 18.2 Å². The molecule has 0 atom stereocenters. The summed E-state index contributed by atoms with van der Waals surface area (Å²) >= 11 is 0. The minimum absolute atomic E-state index is 0.0547. The van der Waals surface area contributed by atoms with E-state index < -0.39 is 0 Å². The van der Waals surface area contributed by atoms with Gasteiger partial charge in [0.25, 0.3) is 0 Å². The molecule has 1 saturated heterocycles. The number of anilines is 2. The summed E-state index contributed by atoms with van der Waals surface area (Å²) in [7, 11) is 0. The Morgan fingerprint density at radius 3 is 2.33 bits per heavy atom. The molecule has 2 aliphatic rings. The maximum atomic E-state index is 12.5. The molecule has 1 aromatic heterocycles. The minimum atomic E-state index is -0.101. The predicted molar refractivity (Wildman–Crippen MR) is 107 cm³/mol. The molecule has 0 radical (unpaired) electrons. The van der Waals surface area contributed by atoms with E-state index in [1.54, 1.807) is 6.07 Å². The number of rotatable bonds is 3. The van der Waals surface area contributed by atoms with Gasteiger partial charge in [-0.05, 0) is 35.2 Å². The van der Waals surface area contributed by atoms with E-state index >= 15 is 0 Å². The van der Waals surface area contributed by atoms with Crippen molar-refractivity contribution in [3.63, 3.8) is 0 Å². The summed E-state index contributed by atoms with van der Waals surface area (Å²) in [6.07, 6.45) is 1.22. The summed E-state index contributed by atoms with van der Waals surface area (Å²) in [6.45, 7) is 7.40. The van der Waals surface area contributed by atoms with Gasteiger partial charge in [-0.3, -0.25) is 4.79 Å². The molecule has 4 rings (SSSR count). The first kappa shape index (κ1) is 17.6. The molecule has 0 N–H and O–H groups in total. The summed E-state index contributed by atoms with van der Waals surface area (Å²) in [5, 5.41) is 3.18. The first-order valence-corrected chi connectivity index (χ1v) is 9.42. The lowest BCUT2D eigenvalue weighted by atomic mass is 9.75. The van der Waals surface area contributed by atoms with Crippen molar-refractivity contribution in [1.82, 2.24) is 4.98 Å². The summed E-state index contributed by atoms with van der Waals surface area (Å²) in [6, 6.07) is 12.0. The van der Waals surface area contributed by atoms with E-state index in [2.05, 4.69) is 41.0 Å². The maximum Gasteiger partial charge on any atom is 0.165 e. The van der Waals surface area contributed by atoms with Crippen LogP contribution in [0.3, 0.4) is 0 Å². The van der Waals surface area contributed by atoms with Gasteiger partial charge in [0.15, 0.2) is 17.3 Å². The number of hydrogen-bond donors (Lipinski definition) is 0. The number of nitroso groups, excluding NO2 is 1. The number of nitrogens with zero attached hydrogens (tertiary/aromatic N) is 4. The molecule has 2 aromatic rings. The van der Waals surface area contributed by atoms with Crippen LogP contribution >= 0.6 is 0 Å². The highest BCUT2D eigenvalue weighted by atomic mass is 16.3. The summed E-state index contributed by atoms with van der Waals surface area (Å²) in [5.41, 5.74) is 2.74. The van der Waals surface area contributed by atoms with Crippen LogP contribution in [-0.4, -0.2) is 36.9 Å². The van der Waals surface area contributed by atoms with Crippen LogP contribution in [0.2, 0.25) is 0 Å². The largest absolute Gasteiger partial charge is 0.368 e. The Morgan fingerprint density at radius 2 is 1.67 bits per heavy atom. The molecule has 0 unspecified atom stereocenters. The van der Waals surface area contributed by atoms with Crippen molar-refractivity contribution in [3.8, 4) is 0 Å². The summed E-state index contributed by atoms with van der Waals surface area (Å²) in [4.78, 5) is 33.1. The van der Waals surface area contributed by atoms with Gasteiger partial charge in [0, 0.05) is 43.9 Å². The third kappa shape index (κ3) is 3.44. The van der Waals surface area contributed by atoms with Crippen molar-refractivity contribution >= 4 is 23.0 Å². The molecule has 6 nitrogen and oxygen atoms in total. The lowest BCUT2D eigenvalue weighted by molar-refractivity contribution is 0.0910. The number of ketones is 1. The second-order valence-corrected chi connectivity index (χ2v) is 8.17. The molecule has 0 amide bonds. The van der Waals surface area contributed by atoms with Gasteiger partial charge in [0.1, 0.15) is 0 Å². The van der Waals surface area contributed by atoms with Gasteiger partial charge in [-0.15, -0.1) is 4.91 Å². The van der Waals surface area contributed by atoms with Crippen LogP contribution in [0.25, 0.3) is 0 Å². The standard InChI is InChI=1S/C21H24N4O2/c1-21(2)13-18-16(19(26)14-21)12-17(23-27)20(22-18)25-10-8-24(9-11-25)15-6-4-3-5-7-15/h3-7,12H,8-11,13-14H2,1-2H3. The van der Waals surface area contributed by atoms with Crippen LogP contribution in [0.1, 0.15) is 36.3 Å². The molecule has 1 aliphatic carbocycles. The van der Waals surface area contributed by atoms with Gasteiger partial charge >= 0.3 is 0 Å². The zero-order chi connectivity index (χ0) is 19.0. The number of para-hydroxylation sites is 1. The Kier molecular flexibility index (Phi) is 4.42. The molecule has 140 valence electrons. The molecule has 2 heterocycles. The van der Waals surface area contributed by atoms with Crippen molar-refractivity contribution < 1.29 is 4.79 Å². The molecule has 27 heavy (non-hydrogen) atoms. The third-order valence-electron chi connectivity index (χ3n) is 5.45. The SMILES string of the molecule is CC1(C)CC(=O)c2cc(N=O)c(N3CCN(c4ccccc4)CC3)nc2C1. The van der Waals surface area contributed by atoms with Crippen molar-refractivity contribution in [3.05, 3.63) is 52.6 Å². The van der Waals surface area contributed by atoms with Crippen molar-refractivity contribution in [1.29, 1.82) is 0 Å². The Hall–Kier alpha value is -2.76. The van der Waals surface area contributed by atoms with Crippen molar-refractivity contribution in [2.75, 3.05) is 36.0 Å². The molecule has 1 aliphatic heterocycles. The van der Waals surface area contributed by atoms with E-state index in [0.29, 0.717) is 17.8 Å². The number of benzene rings is 1. The lowest BCUT2D eigenvalue weighted by Crippen LogP contribution is -2.47. The summed E-state index contributed by atoms with van der Waals surface area (Å²) < 4.78 is 0. The van der Waals surface area contributed by atoms with Crippen LogP contribution in [-0.2, 0) is 6.42 Å². The van der Waals surface area contributed by atoms with Crippen molar-refractivity contribution in [2.45, 2.75) is 26.7 Å². The van der Waals surface area contributed by atoms with E-state index in [9.17, 15) is 9.70 Å². The first-order valence-electron chi connectivity index (χ1n) is 9.42. The van der Waals surface area contributed by atoms with Gasteiger partial charge in [0.2, 0.25) is 0 Å². The highest BCUT2D eigenvalue weighted by molar-refractivity contribution is 6.00. The molecule has 0 spiro atoms. The Bertz CT molecular complexity index is 871. The average Bonchev–Trinajstić information content (AvgIpc) is 2.67. The molecule has 0 bridgehead atoms. The Labute approximate surface area is 159 Å². The van der Waals surface area contributed by atoms with Gasteiger partial charge < -0.3 is 9.80 Å². The second kappa shape index (κ2) is 6.76. The van der Waals surface area contributed by atoms with Crippen LogP contribution in [0.4, 0.5) is 17.2 Å². The molecular formula is C21H24N4O2. The van der Waals surface area contributed by atoms with E-state index in [1.165, 1.54) is 5.69 Å². The van der Waals surface area contributed by atoms with Gasteiger partial charge in [-0.25, -0.2) is 4.98 Å². The normalized spacial score (nSPS) is 19.0. The fourth-order valence-electron chi connectivity index (χ4n) is 4.07. The lowest BCUT2D eigenvalue weighted by Gasteiger charge is -2.37. The first-order chi connectivity index (χ1) is 13.0. The number of carbonyl (C=O) groups is 1. The van der Waals surface area contributed by atoms with Gasteiger partial charge in [0.05, 0.1) is 5.69 Å². The van der Waals surface area contributed by atoms with Crippen LogP contribution < -0.4 is 9.80 Å². The number of pyridine rings is 1. The average molecular weight is 364 g/mol. The molecular weight excluding hydrogens is 340 g/mol. The highest BCUT2D eigenvalue weighted by Gasteiger charge is 2.34. The number of carbonyl (C=O) groups excluding carboxylic acids is 1. The Balaban J connectivity index is 1.59. The maximum absolute atomic E-state index is 12.5. The third-order valence-corrected chi connectivity index (χ3v) is 5.45. The number of Topliss-reactive ketones (excluding diaryl/α,β-unsaturated/α-hetero) is 1. The predicted octanol–water partition coefficient (Wildman–Crippen LogP) is 3.96. The summed E-state index contributed by atoms with van der Waals surface area (Å²) in [5.74, 6) is 0.668. The number of aromatic nitrogens is 1. The number of fused-ring (bicyclic) bond motifs is 1. The zero-order valence-electron chi connectivity index (χ0n) is 15.8. The van der Waals surface area contributed by atoms with E-state index in [0.717, 1.165) is 38.3 Å². The topological polar surface area (TPSA) is 65.9 Å². The van der Waals surface area contributed by atoms with Crippen LogP contribution in [0.15, 0.2) is 41.6 Å². The van der Waals surface area contributed by atoms with E-state index in [4.69, 9.17) is 4.98 Å². The number of hydrogen-bond acceptors (Lipinski definition) is 6. The quantitative estimate of drug-likeness (QED) is 0.771. The molecule has 6 heteroatoms. The van der Waals surface area contributed by atoms with Gasteiger partial charge in [-0.2, -0.15) is 0 Å². The molecule has 1 fully saturated rings. The highest BCUT2D eigenvalue weighted by Crippen LogP contribution is 2.38. The van der Waals surface area contributed by atoms with Crippen molar-refractivity contribution in [2.24, 2.45) is 10.6 Å².